The van der Waals surface area contributed by atoms with Crippen LogP contribution in [0.25, 0.3) is 10.9 Å². The molecule has 2 aromatic rings. The molecule has 3 atom stereocenters. The molecule has 164 valence electrons. The van der Waals surface area contributed by atoms with E-state index in [0.29, 0.717) is 24.4 Å². The highest BCUT2D eigenvalue weighted by atomic mass is 16.5. The fourth-order valence-corrected chi connectivity index (χ4v) is 3.97. The average Bonchev–Trinajstić information content (AvgIpc) is 3.36. The van der Waals surface area contributed by atoms with Gasteiger partial charge in [-0.25, -0.2) is 0 Å². The Balaban J connectivity index is 1.69. The van der Waals surface area contributed by atoms with Gasteiger partial charge in [-0.05, 0) is 37.0 Å². The summed E-state index contributed by atoms with van der Waals surface area (Å²) < 4.78 is 5.34. The molecule has 0 unspecified atom stereocenters. The lowest BCUT2D eigenvalue weighted by atomic mass is 9.88. The molecule has 2 heterocycles. The zero-order chi connectivity index (χ0) is 22.5. The third-order valence-corrected chi connectivity index (χ3v) is 5.85. The number of carbonyl (C=O) groups is 3. The van der Waals surface area contributed by atoms with Gasteiger partial charge >= 0.3 is 0 Å². The molecule has 0 bridgehead atoms. The van der Waals surface area contributed by atoms with Crippen molar-refractivity contribution in [1.82, 2.24) is 15.6 Å². The van der Waals surface area contributed by atoms with Crippen LogP contribution < -0.4 is 15.4 Å². The molecule has 0 spiro atoms. The molecule has 1 aromatic heterocycles. The lowest BCUT2D eigenvalue weighted by Gasteiger charge is -2.22. The Kier molecular flexibility index (Phi) is 6.95. The number of Topliss-reactive ketones (excluding diaryl/α,β-unsaturated/α-hetero) is 1. The Morgan fingerprint density at radius 1 is 1.35 bits per heavy atom. The Morgan fingerprint density at radius 2 is 2.13 bits per heavy atom. The summed E-state index contributed by atoms with van der Waals surface area (Å²) in [4.78, 5) is 40.7. The SMILES string of the molecule is COc1cccc2[nH]c(C(=O)C[C@H](C(=O)N[C@H](C#N)C[C@@H]3CCNC3=O)C(C)C)cc12. The molecule has 2 amide bonds. The van der Waals surface area contributed by atoms with E-state index in [1.807, 2.05) is 32.0 Å². The maximum atomic E-state index is 12.9. The highest BCUT2D eigenvalue weighted by Gasteiger charge is 2.31. The number of fused-ring (bicyclic) bond motifs is 1. The lowest BCUT2D eigenvalue weighted by molar-refractivity contribution is -0.127. The van der Waals surface area contributed by atoms with Gasteiger partial charge in [0.15, 0.2) is 5.78 Å². The number of aromatic nitrogens is 1. The van der Waals surface area contributed by atoms with Crippen molar-refractivity contribution in [1.29, 1.82) is 5.26 Å². The molecule has 1 fully saturated rings. The van der Waals surface area contributed by atoms with E-state index < -0.39 is 12.0 Å². The number of nitriles is 1. The first-order valence-corrected chi connectivity index (χ1v) is 10.5. The highest BCUT2D eigenvalue weighted by Crippen LogP contribution is 2.28. The smallest absolute Gasteiger partial charge is 0.224 e. The fraction of sp³-hybridized carbons (Fsp3) is 0.478. The summed E-state index contributed by atoms with van der Waals surface area (Å²) in [5.41, 5.74) is 1.20. The van der Waals surface area contributed by atoms with Gasteiger partial charge in [-0.1, -0.05) is 19.9 Å². The van der Waals surface area contributed by atoms with Crippen molar-refractivity contribution in [2.24, 2.45) is 17.8 Å². The summed E-state index contributed by atoms with van der Waals surface area (Å²) >= 11 is 0. The number of aromatic amines is 1. The first-order chi connectivity index (χ1) is 14.8. The largest absolute Gasteiger partial charge is 0.496 e. The predicted octanol–water partition coefficient (Wildman–Crippen LogP) is 2.56. The number of hydrogen-bond acceptors (Lipinski definition) is 5. The van der Waals surface area contributed by atoms with Gasteiger partial charge in [-0.2, -0.15) is 5.26 Å². The quantitative estimate of drug-likeness (QED) is 0.534. The number of benzene rings is 1. The first-order valence-electron chi connectivity index (χ1n) is 10.5. The van der Waals surface area contributed by atoms with Crippen LogP contribution in [0.4, 0.5) is 0 Å². The van der Waals surface area contributed by atoms with Crippen LogP contribution in [0.15, 0.2) is 24.3 Å². The molecule has 0 aliphatic carbocycles. The Morgan fingerprint density at radius 3 is 2.74 bits per heavy atom. The molecule has 1 aromatic carbocycles. The van der Waals surface area contributed by atoms with Crippen molar-refractivity contribution in [3.05, 3.63) is 30.0 Å². The Bertz CT molecular complexity index is 1020. The van der Waals surface area contributed by atoms with E-state index in [2.05, 4.69) is 21.7 Å². The number of nitrogens with zero attached hydrogens (tertiary/aromatic N) is 1. The van der Waals surface area contributed by atoms with Crippen LogP contribution in [-0.2, 0) is 9.59 Å². The monoisotopic (exact) mass is 424 g/mol. The number of ketones is 1. The van der Waals surface area contributed by atoms with Crippen LogP contribution in [-0.4, -0.2) is 42.3 Å². The Labute approximate surface area is 181 Å². The van der Waals surface area contributed by atoms with Crippen LogP contribution in [0.5, 0.6) is 5.75 Å². The molecule has 31 heavy (non-hydrogen) atoms. The molecular formula is C23H28N4O4. The van der Waals surface area contributed by atoms with Crippen molar-refractivity contribution < 1.29 is 19.1 Å². The van der Waals surface area contributed by atoms with Crippen LogP contribution in [0, 0.1) is 29.1 Å². The zero-order valence-corrected chi connectivity index (χ0v) is 18.0. The Hall–Kier alpha value is -3.34. The van der Waals surface area contributed by atoms with Gasteiger partial charge in [0.25, 0.3) is 0 Å². The van der Waals surface area contributed by atoms with Crippen LogP contribution in [0.1, 0.15) is 43.6 Å². The van der Waals surface area contributed by atoms with E-state index >= 15 is 0 Å². The molecular weight excluding hydrogens is 396 g/mol. The van der Waals surface area contributed by atoms with E-state index in [1.165, 1.54) is 0 Å². The fourth-order valence-electron chi connectivity index (χ4n) is 3.97. The van der Waals surface area contributed by atoms with Gasteiger partial charge < -0.3 is 20.4 Å². The molecule has 1 saturated heterocycles. The summed E-state index contributed by atoms with van der Waals surface area (Å²) in [5, 5.41) is 15.7. The number of rotatable bonds is 9. The van der Waals surface area contributed by atoms with E-state index in [0.717, 1.165) is 10.9 Å². The zero-order valence-electron chi connectivity index (χ0n) is 18.0. The second-order valence-electron chi connectivity index (χ2n) is 8.28. The van der Waals surface area contributed by atoms with Crippen LogP contribution in [0.2, 0.25) is 0 Å². The number of methoxy groups -OCH3 is 1. The second-order valence-corrected chi connectivity index (χ2v) is 8.28. The molecule has 1 aliphatic rings. The standard InChI is InChI=1S/C23H28N4O4/c1-13(2)16(23(30)26-15(12-24)9-14-7-8-25-22(14)29)11-20(28)19-10-17-18(27-19)5-4-6-21(17)31-3/h4-6,10,13-16,27H,7-9,11H2,1-3H3,(H,25,29)(H,26,30)/t14-,15-,16-/m0/s1. The highest BCUT2D eigenvalue weighted by molar-refractivity contribution is 6.02. The van der Waals surface area contributed by atoms with E-state index in [4.69, 9.17) is 4.74 Å². The molecule has 3 N–H and O–H groups in total. The topological polar surface area (TPSA) is 124 Å². The minimum atomic E-state index is -0.768. The molecule has 0 radical (unpaired) electrons. The van der Waals surface area contributed by atoms with E-state index in [1.54, 1.807) is 13.2 Å². The maximum absolute atomic E-state index is 12.9. The summed E-state index contributed by atoms with van der Waals surface area (Å²) in [6, 6.07) is 8.56. The normalized spacial score (nSPS) is 17.8. The third kappa shape index (κ3) is 5.05. The number of H-pyrrole nitrogens is 1. The number of amides is 2. The van der Waals surface area contributed by atoms with Crippen LogP contribution >= 0.6 is 0 Å². The van der Waals surface area contributed by atoms with Crippen LogP contribution in [0.3, 0.4) is 0 Å². The summed E-state index contributed by atoms with van der Waals surface area (Å²) in [6.07, 6.45) is 0.943. The maximum Gasteiger partial charge on any atom is 0.224 e. The summed E-state index contributed by atoms with van der Waals surface area (Å²) in [6.45, 7) is 4.34. The number of hydrogen-bond donors (Lipinski definition) is 3. The average molecular weight is 425 g/mol. The molecule has 8 nitrogen and oxygen atoms in total. The van der Waals surface area contributed by atoms with Crippen molar-refractivity contribution in [3.8, 4) is 11.8 Å². The first kappa shape index (κ1) is 22.3. The minimum absolute atomic E-state index is 0.0146. The summed E-state index contributed by atoms with van der Waals surface area (Å²) in [7, 11) is 1.57. The van der Waals surface area contributed by atoms with Gasteiger partial charge in [0.05, 0.1) is 18.9 Å². The molecule has 8 heteroatoms. The van der Waals surface area contributed by atoms with Crippen molar-refractivity contribution >= 4 is 28.5 Å². The molecule has 1 aliphatic heterocycles. The van der Waals surface area contributed by atoms with Gasteiger partial charge in [-0.3, -0.25) is 14.4 Å². The summed E-state index contributed by atoms with van der Waals surface area (Å²) in [5.74, 6) is -0.910. The predicted molar refractivity (Wildman–Crippen MR) is 115 cm³/mol. The van der Waals surface area contributed by atoms with Crippen molar-refractivity contribution in [2.75, 3.05) is 13.7 Å². The number of ether oxygens (including phenoxy) is 1. The van der Waals surface area contributed by atoms with E-state index in [-0.39, 0.29) is 42.3 Å². The third-order valence-electron chi connectivity index (χ3n) is 5.85. The van der Waals surface area contributed by atoms with E-state index in [9.17, 15) is 19.6 Å². The van der Waals surface area contributed by atoms with Gasteiger partial charge in [0, 0.05) is 35.7 Å². The number of nitrogens with one attached hydrogen (secondary N) is 3. The van der Waals surface area contributed by atoms with Crippen molar-refractivity contribution in [2.45, 2.75) is 39.2 Å². The lowest BCUT2D eigenvalue weighted by Crippen LogP contribution is -2.42. The van der Waals surface area contributed by atoms with Gasteiger partial charge in [0.2, 0.25) is 11.8 Å². The van der Waals surface area contributed by atoms with Gasteiger partial charge in [-0.15, -0.1) is 0 Å². The minimum Gasteiger partial charge on any atom is -0.496 e. The van der Waals surface area contributed by atoms with Gasteiger partial charge in [0.1, 0.15) is 11.8 Å². The molecule has 3 rings (SSSR count). The second kappa shape index (κ2) is 9.65. The number of carbonyl (C=O) groups excluding carboxylic acids is 3. The van der Waals surface area contributed by atoms with Crippen molar-refractivity contribution in [3.63, 3.8) is 0 Å². The molecule has 0 saturated carbocycles.